The van der Waals surface area contributed by atoms with Gasteiger partial charge in [0, 0.05) is 10.7 Å². The van der Waals surface area contributed by atoms with E-state index < -0.39 is 11.1 Å². The molecule has 41 heavy (non-hydrogen) atoms. The molecular formula is C37H31BrN2O. The Hall–Kier alpha value is -4.25. The van der Waals surface area contributed by atoms with Crippen molar-refractivity contribution in [3.8, 4) is 0 Å². The van der Waals surface area contributed by atoms with Gasteiger partial charge in [0.25, 0.3) is 0 Å². The van der Waals surface area contributed by atoms with E-state index in [0.29, 0.717) is 5.69 Å². The molecular weight excluding hydrogens is 568 g/mol. The summed E-state index contributed by atoms with van der Waals surface area (Å²) in [6.07, 6.45) is 3.87. The van der Waals surface area contributed by atoms with Crippen LogP contribution < -0.4 is 0 Å². The Kier molecular flexibility index (Phi) is 7.21. The summed E-state index contributed by atoms with van der Waals surface area (Å²) in [7, 11) is 0. The normalized spacial score (nSPS) is 13.1. The van der Waals surface area contributed by atoms with Crippen molar-refractivity contribution in [2.24, 2.45) is 0 Å². The second-order valence-electron chi connectivity index (χ2n) is 10.4. The molecule has 1 aromatic heterocycles. The van der Waals surface area contributed by atoms with Crippen LogP contribution in [0.25, 0.3) is 0 Å². The molecule has 0 amide bonds. The molecule has 4 heteroatoms. The first-order chi connectivity index (χ1) is 20.0. The van der Waals surface area contributed by atoms with Gasteiger partial charge >= 0.3 is 0 Å². The fourth-order valence-electron chi connectivity index (χ4n) is 5.95. The minimum absolute atomic E-state index is 0.556. The summed E-state index contributed by atoms with van der Waals surface area (Å²) in [4.78, 5) is 4.98. The van der Waals surface area contributed by atoms with Crippen LogP contribution in [-0.2, 0) is 11.1 Å². The molecule has 6 rings (SSSR count). The van der Waals surface area contributed by atoms with Crippen molar-refractivity contribution in [2.45, 2.75) is 25.0 Å². The quantitative estimate of drug-likeness (QED) is 0.187. The van der Waals surface area contributed by atoms with Gasteiger partial charge in [-0.25, -0.2) is 4.98 Å². The van der Waals surface area contributed by atoms with Gasteiger partial charge in [0.05, 0.1) is 12.0 Å². The van der Waals surface area contributed by atoms with E-state index in [0.717, 1.165) is 43.4 Å². The maximum absolute atomic E-state index is 12.8. The van der Waals surface area contributed by atoms with Crippen molar-refractivity contribution >= 4 is 15.9 Å². The molecule has 1 unspecified atom stereocenters. The topological polar surface area (TPSA) is 38.0 Å². The lowest BCUT2D eigenvalue weighted by Crippen LogP contribution is -2.37. The molecule has 5 aromatic carbocycles. The largest absolute Gasteiger partial charge is 0.374 e. The molecule has 0 spiro atoms. The molecule has 1 heterocycles. The zero-order valence-corrected chi connectivity index (χ0v) is 24.7. The van der Waals surface area contributed by atoms with Crippen LogP contribution in [0.4, 0.5) is 0 Å². The first kappa shape index (κ1) is 26.9. The number of aliphatic hydroxyl groups is 1. The highest BCUT2D eigenvalue weighted by atomic mass is 79.9. The van der Waals surface area contributed by atoms with E-state index in [1.165, 1.54) is 0 Å². The van der Waals surface area contributed by atoms with Gasteiger partial charge in [-0.1, -0.05) is 137 Å². The summed E-state index contributed by atoms with van der Waals surface area (Å²) >= 11 is 3.56. The smallest absolute Gasteiger partial charge is 0.159 e. The predicted molar refractivity (Wildman–Crippen MR) is 169 cm³/mol. The highest BCUT2D eigenvalue weighted by molar-refractivity contribution is 9.10. The van der Waals surface area contributed by atoms with Crippen molar-refractivity contribution in [1.82, 2.24) is 9.55 Å². The second kappa shape index (κ2) is 11.0. The lowest BCUT2D eigenvalue weighted by molar-refractivity contribution is 0.120. The minimum atomic E-state index is -1.47. The van der Waals surface area contributed by atoms with Crippen LogP contribution in [-0.4, -0.2) is 14.7 Å². The second-order valence-corrected chi connectivity index (χ2v) is 11.4. The Morgan fingerprint density at radius 1 is 0.610 bits per heavy atom. The SMILES string of the molecule is Cc1cccc(C(O)(c2ccc(Br)cc2)c2cn(C(c3ccccc3)(c3ccccc3)c3ccccc3)cn2)c1C. The fraction of sp³-hybridized carbons (Fsp3) is 0.108. The van der Waals surface area contributed by atoms with Crippen molar-refractivity contribution in [3.63, 3.8) is 0 Å². The molecule has 202 valence electrons. The first-order valence-electron chi connectivity index (χ1n) is 13.7. The molecule has 3 nitrogen and oxygen atoms in total. The lowest BCUT2D eigenvalue weighted by atomic mass is 9.76. The third-order valence-electron chi connectivity index (χ3n) is 8.17. The maximum Gasteiger partial charge on any atom is 0.159 e. The number of rotatable bonds is 7. The number of hydrogen-bond donors (Lipinski definition) is 1. The van der Waals surface area contributed by atoms with Crippen molar-refractivity contribution in [1.29, 1.82) is 0 Å². The van der Waals surface area contributed by atoms with Crippen molar-refractivity contribution < 1.29 is 5.11 Å². The number of aromatic nitrogens is 2. The molecule has 0 radical (unpaired) electrons. The molecule has 0 saturated carbocycles. The summed E-state index contributed by atoms with van der Waals surface area (Å²) in [6.45, 7) is 4.14. The van der Waals surface area contributed by atoms with Gasteiger partial charge in [0.1, 0.15) is 5.54 Å². The zero-order chi connectivity index (χ0) is 28.5. The van der Waals surface area contributed by atoms with Crippen LogP contribution in [0.1, 0.15) is 44.6 Å². The van der Waals surface area contributed by atoms with Crippen LogP contribution in [0.3, 0.4) is 0 Å². The molecule has 0 saturated heterocycles. The highest BCUT2D eigenvalue weighted by Crippen LogP contribution is 2.43. The lowest BCUT2D eigenvalue weighted by Gasteiger charge is -2.37. The van der Waals surface area contributed by atoms with Crippen LogP contribution in [0, 0.1) is 13.8 Å². The van der Waals surface area contributed by atoms with Gasteiger partial charge < -0.3 is 9.67 Å². The Labute approximate surface area is 249 Å². The van der Waals surface area contributed by atoms with E-state index in [-0.39, 0.29) is 0 Å². The third-order valence-corrected chi connectivity index (χ3v) is 8.70. The van der Waals surface area contributed by atoms with Gasteiger partial charge in [-0.3, -0.25) is 0 Å². The number of nitrogens with zero attached hydrogens (tertiary/aromatic N) is 2. The average molecular weight is 600 g/mol. The Morgan fingerprint density at radius 2 is 1.12 bits per heavy atom. The van der Waals surface area contributed by atoms with E-state index in [1.807, 2.05) is 67.1 Å². The number of hydrogen-bond acceptors (Lipinski definition) is 2. The molecule has 0 aliphatic heterocycles. The average Bonchev–Trinajstić information content (AvgIpc) is 3.52. The van der Waals surface area contributed by atoms with E-state index in [4.69, 9.17) is 4.98 Å². The van der Waals surface area contributed by atoms with Gasteiger partial charge in [-0.05, 0) is 64.9 Å². The summed E-state index contributed by atoms with van der Waals surface area (Å²) < 4.78 is 3.10. The molecule has 0 fully saturated rings. The van der Waals surface area contributed by atoms with Crippen LogP contribution in [0.5, 0.6) is 0 Å². The number of aryl methyl sites for hydroxylation is 1. The third kappa shape index (κ3) is 4.54. The first-order valence-corrected chi connectivity index (χ1v) is 14.5. The number of halogens is 1. The van der Waals surface area contributed by atoms with Gasteiger partial charge in [0.2, 0.25) is 0 Å². The van der Waals surface area contributed by atoms with Crippen LogP contribution >= 0.6 is 15.9 Å². The van der Waals surface area contributed by atoms with E-state index in [1.54, 1.807) is 0 Å². The molecule has 1 N–H and O–H groups in total. The Morgan fingerprint density at radius 3 is 1.63 bits per heavy atom. The van der Waals surface area contributed by atoms with E-state index in [2.05, 4.69) is 113 Å². The van der Waals surface area contributed by atoms with Gasteiger partial charge in [-0.15, -0.1) is 0 Å². The monoisotopic (exact) mass is 598 g/mol. The maximum atomic E-state index is 12.8. The summed E-state index contributed by atoms with van der Waals surface area (Å²) in [5.41, 5.74) is 5.37. The van der Waals surface area contributed by atoms with Crippen molar-refractivity contribution in [2.75, 3.05) is 0 Å². The number of imidazole rings is 1. The minimum Gasteiger partial charge on any atom is -0.374 e. The number of benzene rings is 5. The molecule has 1 atom stereocenters. The molecule has 0 aliphatic rings. The summed E-state index contributed by atoms with van der Waals surface area (Å²) in [5, 5.41) is 12.8. The summed E-state index contributed by atoms with van der Waals surface area (Å²) in [6, 6.07) is 45.4. The van der Waals surface area contributed by atoms with Crippen molar-refractivity contribution in [3.05, 3.63) is 195 Å². The predicted octanol–water partition coefficient (Wildman–Crippen LogP) is 8.39. The zero-order valence-electron chi connectivity index (χ0n) is 23.1. The highest BCUT2D eigenvalue weighted by Gasteiger charge is 2.42. The summed E-state index contributed by atoms with van der Waals surface area (Å²) in [5.74, 6) is 0. The van der Waals surface area contributed by atoms with Crippen LogP contribution in [0.2, 0.25) is 0 Å². The Balaban J connectivity index is 1.66. The van der Waals surface area contributed by atoms with E-state index in [9.17, 15) is 5.11 Å². The molecule has 0 aliphatic carbocycles. The standard InChI is InChI=1S/C37H31BrN2O/c1-27-13-12-20-34(28(27)2)37(41,32-21-23-33(38)24-22-32)35-25-40(26-39-35)36(29-14-6-3-7-15-29,30-16-8-4-9-17-30)31-18-10-5-11-19-31/h3-26,41H,1-2H3. The van der Waals surface area contributed by atoms with E-state index >= 15 is 0 Å². The molecule has 0 bridgehead atoms. The van der Waals surface area contributed by atoms with Gasteiger partial charge in [-0.2, -0.15) is 0 Å². The van der Waals surface area contributed by atoms with Crippen LogP contribution in [0.15, 0.2) is 150 Å². The Bertz CT molecular complexity index is 1670. The van der Waals surface area contributed by atoms with Gasteiger partial charge in [0.15, 0.2) is 5.60 Å². The molecule has 6 aromatic rings. The fourth-order valence-corrected chi connectivity index (χ4v) is 6.22.